The molecule has 0 aliphatic carbocycles. The molecule has 0 unspecified atom stereocenters. The molecule has 0 radical (unpaired) electrons. The van der Waals surface area contributed by atoms with E-state index < -0.39 is 15.8 Å². The summed E-state index contributed by atoms with van der Waals surface area (Å²) in [5.41, 5.74) is 0.784. The minimum Gasteiger partial charge on any atom is -0.352 e. The van der Waals surface area contributed by atoms with Crippen LogP contribution >= 0.6 is 0 Å². The smallest absolute Gasteiger partial charge is 0.227 e. The molecule has 0 aromatic heterocycles. The molecule has 3 rings (SSSR count). The number of sulfone groups is 1. The van der Waals surface area contributed by atoms with Crippen molar-refractivity contribution in [3.05, 3.63) is 30.3 Å². The summed E-state index contributed by atoms with van der Waals surface area (Å²) in [4.78, 5) is 25.9. The maximum atomic E-state index is 12.2. The fourth-order valence-electron chi connectivity index (χ4n) is 2.97. The second kappa shape index (κ2) is 5.72. The number of benzene rings is 1. The van der Waals surface area contributed by atoms with Gasteiger partial charge in [0.15, 0.2) is 9.84 Å². The number of nitrogens with one attached hydrogen (secondary N) is 1. The van der Waals surface area contributed by atoms with Gasteiger partial charge in [0.1, 0.15) is 0 Å². The molecular formula is C15H18N2O4S. The van der Waals surface area contributed by atoms with Crippen LogP contribution in [0.1, 0.15) is 12.8 Å². The molecule has 0 saturated carbocycles. The molecule has 2 heterocycles. The highest BCUT2D eigenvalue weighted by molar-refractivity contribution is 7.91. The molecule has 22 heavy (non-hydrogen) atoms. The first kappa shape index (κ1) is 15.0. The number of rotatable bonds is 3. The summed E-state index contributed by atoms with van der Waals surface area (Å²) < 4.78 is 22.8. The molecule has 2 fully saturated rings. The Morgan fingerprint density at radius 1 is 1.23 bits per heavy atom. The highest BCUT2D eigenvalue weighted by Gasteiger charge is 2.37. The third-order valence-corrected chi connectivity index (χ3v) is 5.91. The van der Waals surface area contributed by atoms with Crippen LogP contribution in [0.5, 0.6) is 0 Å². The average molecular weight is 322 g/mol. The lowest BCUT2D eigenvalue weighted by atomic mass is 10.1. The summed E-state index contributed by atoms with van der Waals surface area (Å²) >= 11 is 0. The average Bonchev–Trinajstić information content (AvgIpc) is 3.02. The lowest BCUT2D eigenvalue weighted by Crippen LogP contribution is -2.40. The Morgan fingerprint density at radius 2 is 1.95 bits per heavy atom. The monoisotopic (exact) mass is 322 g/mol. The third kappa shape index (κ3) is 3.14. The molecule has 1 aromatic carbocycles. The third-order valence-electron chi connectivity index (χ3n) is 4.14. The number of carbonyl (C=O) groups excluding carboxylic acids is 2. The lowest BCUT2D eigenvalue weighted by molar-refractivity contribution is -0.126. The minimum atomic E-state index is -3.02. The second-order valence-electron chi connectivity index (χ2n) is 5.85. The van der Waals surface area contributed by atoms with E-state index >= 15 is 0 Å². The molecular weight excluding hydrogens is 304 g/mol. The van der Waals surface area contributed by atoms with Crippen LogP contribution in [0.15, 0.2) is 30.3 Å². The van der Waals surface area contributed by atoms with Crippen molar-refractivity contribution in [1.29, 1.82) is 0 Å². The summed E-state index contributed by atoms with van der Waals surface area (Å²) in [6.07, 6.45) is 0.622. The number of hydrogen-bond donors (Lipinski definition) is 1. The van der Waals surface area contributed by atoms with Crippen LogP contribution in [-0.2, 0) is 19.4 Å². The van der Waals surface area contributed by atoms with Crippen LogP contribution in [-0.4, -0.2) is 44.3 Å². The van der Waals surface area contributed by atoms with Gasteiger partial charge in [0, 0.05) is 24.7 Å². The maximum absolute atomic E-state index is 12.2. The van der Waals surface area contributed by atoms with E-state index in [2.05, 4.69) is 5.32 Å². The molecule has 1 aromatic rings. The Morgan fingerprint density at radius 3 is 2.59 bits per heavy atom. The zero-order chi connectivity index (χ0) is 15.7. The molecule has 2 aliphatic heterocycles. The van der Waals surface area contributed by atoms with E-state index in [4.69, 9.17) is 0 Å². The predicted octanol–water partition coefficient (Wildman–Crippen LogP) is 0.343. The minimum absolute atomic E-state index is 0.00179. The van der Waals surface area contributed by atoms with E-state index in [1.807, 2.05) is 30.3 Å². The Bertz CT molecular complexity index is 687. The summed E-state index contributed by atoms with van der Waals surface area (Å²) in [5.74, 6) is -0.602. The van der Waals surface area contributed by atoms with Crippen LogP contribution in [0.4, 0.5) is 5.69 Å². The molecule has 2 aliphatic rings. The molecule has 2 saturated heterocycles. The molecule has 2 atom stereocenters. The Balaban J connectivity index is 1.62. The number of para-hydroxylation sites is 1. The topological polar surface area (TPSA) is 83.5 Å². The molecule has 0 spiro atoms. The van der Waals surface area contributed by atoms with Gasteiger partial charge in [-0.05, 0) is 18.6 Å². The molecule has 6 nitrogen and oxygen atoms in total. The quantitative estimate of drug-likeness (QED) is 0.870. The zero-order valence-corrected chi connectivity index (χ0v) is 12.9. The fraction of sp³-hybridized carbons (Fsp3) is 0.467. The van der Waals surface area contributed by atoms with Crippen LogP contribution < -0.4 is 10.2 Å². The number of anilines is 1. The Kier molecular flexibility index (Phi) is 3.90. The number of amides is 2. The zero-order valence-electron chi connectivity index (χ0n) is 12.1. The summed E-state index contributed by atoms with van der Waals surface area (Å²) in [6, 6.07) is 8.91. The summed E-state index contributed by atoms with van der Waals surface area (Å²) in [5, 5.41) is 2.77. The Hall–Kier alpha value is -1.89. The summed E-state index contributed by atoms with van der Waals surface area (Å²) in [7, 11) is -3.02. The Labute approximate surface area is 129 Å². The van der Waals surface area contributed by atoms with Crippen molar-refractivity contribution in [2.45, 2.75) is 18.9 Å². The fourth-order valence-corrected chi connectivity index (χ4v) is 4.64. The molecule has 2 amide bonds. The number of hydrogen-bond acceptors (Lipinski definition) is 4. The van der Waals surface area contributed by atoms with Gasteiger partial charge in [0.2, 0.25) is 11.8 Å². The van der Waals surface area contributed by atoms with Crippen molar-refractivity contribution >= 4 is 27.3 Å². The normalized spacial score (nSPS) is 27.1. The van der Waals surface area contributed by atoms with Gasteiger partial charge in [-0.2, -0.15) is 0 Å². The van der Waals surface area contributed by atoms with Crippen molar-refractivity contribution in [3.8, 4) is 0 Å². The van der Waals surface area contributed by atoms with E-state index in [0.29, 0.717) is 13.0 Å². The standard InChI is InChI=1S/C15H18N2O4S/c18-14-8-11(9-17(14)13-4-2-1-3-5-13)15(19)16-12-6-7-22(20,21)10-12/h1-5,11-12H,6-10H2,(H,16,19)/t11-,12-/m0/s1. The maximum Gasteiger partial charge on any atom is 0.227 e. The van der Waals surface area contributed by atoms with Gasteiger partial charge >= 0.3 is 0 Å². The van der Waals surface area contributed by atoms with Crippen molar-refractivity contribution in [2.24, 2.45) is 5.92 Å². The van der Waals surface area contributed by atoms with Gasteiger partial charge in [-0.25, -0.2) is 8.42 Å². The second-order valence-corrected chi connectivity index (χ2v) is 8.08. The van der Waals surface area contributed by atoms with Crippen molar-refractivity contribution in [1.82, 2.24) is 5.32 Å². The first-order chi connectivity index (χ1) is 10.4. The van der Waals surface area contributed by atoms with Gasteiger partial charge in [0.05, 0.1) is 17.4 Å². The van der Waals surface area contributed by atoms with Crippen LogP contribution in [0.3, 0.4) is 0 Å². The summed E-state index contributed by atoms with van der Waals surface area (Å²) in [6.45, 7) is 0.341. The molecule has 7 heteroatoms. The van der Waals surface area contributed by atoms with Crippen molar-refractivity contribution in [2.75, 3.05) is 23.0 Å². The van der Waals surface area contributed by atoms with E-state index in [9.17, 15) is 18.0 Å². The first-order valence-corrected chi connectivity index (χ1v) is 9.13. The number of carbonyl (C=O) groups is 2. The van der Waals surface area contributed by atoms with E-state index in [1.165, 1.54) is 0 Å². The van der Waals surface area contributed by atoms with Gasteiger partial charge in [-0.3, -0.25) is 9.59 Å². The largest absolute Gasteiger partial charge is 0.352 e. The van der Waals surface area contributed by atoms with E-state index in [-0.39, 0.29) is 35.8 Å². The van der Waals surface area contributed by atoms with E-state index in [1.54, 1.807) is 4.90 Å². The van der Waals surface area contributed by atoms with Crippen LogP contribution in [0.2, 0.25) is 0 Å². The number of nitrogens with zero attached hydrogens (tertiary/aromatic N) is 1. The van der Waals surface area contributed by atoms with Crippen molar-refractivity contribution in [3.63, 3.8) is 0 Å². The lowest BCUT2D eigenvalue weighted by Gasteiger charge is -2.17. The highest BCUT2D eigenvalue weighted by Crippen LogP contribution is 2.25. The van der Waals surface area contributed by atoms with Gasteiger partial charge in [-0.1, -0.05) is 18.2 Å². The van der Waals surface area contributed by atoms with Crippen molar-refractivity contribution < 1.29 is 18.0 Å². The molecule has 118 valence electrons. The first-order valence-electron chi connectivity index (χ1n) is 7.31. The van der Waals surface area contributed by atoms with Crippen LogP contribution in [0.25, 0.3) is 0 Å². The van der Waals surface area contributed by atoms with E-state index in [0.717, 1.165) is 5.69 Å². The van der Waals surface area contributed by atoms with Crippen LogP contribution in [0, 0.1) is 5.92 Å². The predicted molar refractivity (Wildman–Crippen MR) is 82.1 cm³/mol. The SMILES string of the molecule is O=C(N[C@H]1CCS(=O)(=O)C1)[C@H]1CC(=O)N(c2ccccc2)C1. The molecule has 1 N–H and O–H groups in total. The van der Waals surface area contributed by atoms with Gasteiger partial charge < -0.3 is 10.2 Å². The molecule has 0 bridgehead atoms. The van der Waals surface area contributed by atoms with Gasteiger partial charge in [0.25, 0.3) is 0 Å². The van der Waals surface area contributed by atoms with Gasteiger partial charge in [-0.15, -0.1) is 0 Å². The highest BCUT2D eigenvalue weighted by atomic mass is 32.2.